The van der Waals surface area contributed by atoms with Crippen molar-refractivity contribution >= 4 is 11.6 Å². The van der Waals surface area contributed by atoms with Crippen LogP contribution in [0.15, 0.2) is 6.07 Å². The lowest BCUT2D eigenvalue weighted by Crippen LogP contribution is -2.47. The van der Waals surface area contributed by atoms with Gasteiger partial charge in [0.1, 0.15) is 0 Å². The minimum atomic E-state index is -0.692. The summed E-state index contributed by atoms with van der Waals surface area (Å²) >= 11 is 0. The van der Waals surface area contributed by atoms with E-state index in [1.54, 1.807) is 11.9 Å². The van der Waals surface area contributed by atoms with Crippen molar-refractivity contribution in [2.45, 2.75) is 0 Å². The highest BCUT2D eigenvalue weighted by Crippen LogP contribution is 2.23. The molecule has 0 spiro atoms. The zero-order chi connectivity index (χ0) is 13.8. The highest BCUT2D eigenvalue weighted by Gasteiger charge is 2.21. The van der Waals surface area contributed by atoms with Crippen LogP contribution in [-0.4, -0.2) is 61.4 Å². The summed E-state index contributed by atoms with van der Waals surface area (Å²) < 4.78 is 27.1. The summed E-state index contributed by atoms with van der Waals surface area (Å²) in [7, 11) is 1.55. The van der Waals surface area contributed by atoms with Gasteiger partial charge >= 0.3 is 0 Å². The Morgan fingerprint density at radius 1 is 1.26 bits per heavy atom. The SMILES string of the molecule is CNc1nc(N2CCN(CCO)CC2)c(F)cc1F. The number of aliphatic hydroxyl groups excluding tert-OH is 1. The van der Waals surface area contributed by atoms with Gasteiger partial charge in [0.2, 0.25) is 0 Å². The van der Waals surface area contributed by atoms with Gasteiger partial charge in [0.05, 0.1) is 6.61 Å². The molecule has 0 amide bonds. The van der Waals surface area contributed by atoms with Crippen LogP contribution in [-0.2, 0) is 0 Å². The molecule has 0 saturated carbocycles. The van der Waals surface area contributed by atoms with Gasteiger partial charge in [-0.15, -0.1) is 0 Å². The third-order valence-electron chi connectivity index (χ3n) is 3.24. The minimum Gasteiger partial charge on any atom is -0.395 e. The van der Waals surface area contributed by atoms with Crippen molar-refractivity contribution < 1.29 is 13.9 Å². The first-order valence-corrected chi connectivity index (χ1v) is 6.27. The van der Waals surface area contributed by atoms with E-state index in [0.29, 0.717) is 19.6 Å². The highest BCUT2D eigenvalue weighted by atomic mass is 19.1. The molecule has 0 unspecified atom stereocenters. The molecule has 1 saturated heterocycles. The average Bonchev–Trinajstić information content (AvgIpc) is 2.41. The second-order valence-corrected chi connectivity index (χ2v) is 4.43. The van der Waals surface area contributed by atoms with Gasteiger partial charge in [-0.2, -0.15) is 0 Å². The quantitative estimate of drug-likeness (QED) is 0.837. The number of piperazine rings is 1. The van der Waals surface area contributed by atoms with E-state index in [1.807, 2.05) is 0 Å². The third kappa shape index (κ3) is 3.10. The maximum absolute atomic E-state index is 13.8. The van der Waals surface area contributed by atoms with Crippen LogP contribution >= 0.6 is 0 Å². The van der Waals surface area contributed by atoms with Gasteiger partial charge in [0.15, 0.2) is 23.3 Å². The molecule has 1 aliphatic heterocycles. The van der Waals surface area contributed by atoms with Gasteiger partial charge in [0.25, 0.3) is 0 Å². The molecule has 7 heteroatoms. The van der Waals surface area contributed by atoms with Gasteiger partial charge in [-0.05, 0) is 0 Å². The van der Waals surface area contributed by atoms with Gasteiger partial charge < -0.3 is 15.3 Å². The maximum atomic E-state index is 13.8. The van der Waals surface area contributed by atoms with Crippen molar-refractivity contribution in [2.24, 2.45) is 0 Å². The summed E-state index contributed by atoms with van der Waals surface area (Å²) in [5.41, 5.74) is 0. The third-order valence-corrected chi connectivity index (χ3v) is 3.24. The molecule has 106 valence electrons. The largest absolute Gasteiger partial charge is 0.395 e. The van der Waals surface area contributed by atoms with E-state index in [2.05, 4.69) is 15.2 Å². The molecule has 0 bridgehead atoms. The number of rotatable bonds is 4. The van der Waals surface area contributed by atoms with Crippen molar-refractivity contribution in [3.63, 3.8) is 0 Å². The zero-order valence-corrected chi connectivity index (χ0v) is 10.9. The number of hydrogen-bond donors (Lipinski definition) is 2. The van der Waals surface area contributed by atoms with Crippen LogP contribution in [0.5, 0.6) is 0 Å². The van der Waals surface area contributed by atoms with Gasteiger partial charge in [0, 0.05) is 45.8 Å². The van der Waals surface area contributed by atoms with E-state index >= 15 is 0 Å². The second kappa shape index (κ2) is 6.12. The van der Waals surface area contributed by atoms with E-state index in [1.165, 1.54) is 0 Å². The Hall–Kier alpha value is -1.47. The monoisotopic (exact) mass is 272 g/mol. The standard InChI is InChI=1S/C12H18F2N4O/c1-15-11-9(13)8-10(14)12(16-11)18-4-2-17(3-5-18)6-7-19/h8,19H,2-7H2,1H3,(H,15,16). The topological polar surface area (TPSA) is 51.6 Å². The molecular weight excluding hydrogens is 254 g/mol. The number of hydrogen-bond acceptors (Lipinski definition) is 5. The van der Waals surface area contributed by atoms with Crippen LogP contribution in [0.1, 0.15) is 0 Å². The maximum Gasteiger partial charge on any atom is 0.168 e. The Morgan fingerprint density at radius 2 is 1.95 bits per heavy atom. The van der Waals surface area contributed by atoms with Crippen LogP contribution < -0.4 is 10.2 Å². The summed E-state index contributed by atoms with van der Waals surface area (Å²) in [6.07, 6.45) is 0. The molecule has 1 fully saturated rings. The van der Waals surface area contributed by atoms with Crippen LogP contribution in [0.25, 0.3) is 0 Å². The first-order valence-electron chi connectivity index (χ1n) is 6.27. The van der Waals surface area contributed by atoms with Crippen LogP contribution in [0.4, 0.5) is 20.4 Å². The first-order chi connectivity index (χ1) is 9.15. The minimum absolute atomic E-state index is 0.0502. The van der Waals surface area contributed by atoms with Crippen LogP contribution in [0, 0.1) is 11.6 Å². The number of nitrogens with zero attached hydrogens (tertiary/aromatic N) is 3. The smallest absolute Gasteiger partial charge is 0.168 e. The molecule has 0 aromatic carbocycles. The fourth-order valence-corrected chi connectivity index (χ4v) is 2.18. The molecule has 2 heterocycles. The lowest BCUT2D eigenvalue weighted by atomic mass is 10.3. The molecule has 0 atom stereocenters. The van der Waals surface area contributed by atoms with Crippen molar-refractivity contribution in [3.05, 3.63) is 17.7 Å². The molecule has 1 aromatic rings. The molecule has 1 aromatic heterocycles. The number of anilines is 2. The molecule has 1 aliphatic rings. The van der Waals surface area contributed by atoms with E-state index in [0.717, 1.165) is 19.2 Å². The molecule has 0 aliphatic carbocycles. The van der Waals surface area contributed by atoms with Gasteiger partial charge in [-0.3, -0.25) is 4.90 Å². The molecule has 0 radical (unpaired) electrons. The Bertz CT molecular complexity index is 436. The van der Waals surface area contributed by atoms with E-state index < -0.39 is 11.6 Å². The van der Waals surface area contributed by atoms with Gasteiger partial charge in [-0.25, -0.2) is 13.8 Å². The molecule has 2 rings (SSSR count). The molecule has 2 N–H and O–H groups in total. The fraction of sp³-hybridized carbons (Fsp3) is 0.583. The summed E-state index contributed by atoms with van der Waals surface area (Å²) in [6.45, 7) is 3.42. The number of aromatic nitrogens is 1. The molecule has 19 heavy (non-hydrogen) atoms. The molecular formula is C12H18F2N4O. The number of pyridine rings is 1. The van der Waals surface area contributed by atoms with Crippen molar-refractivity contribution in [1.29, 1.82) is 0 Å². The predicted molar refractivity (Wildman–Crippen MR) is 69.4 cm³/mol. The van der Waals surface area contributed by atoms with E-state index in [9.17, 15) is 8.78 Å². The Kier molecular flexibility index (Phi) is 4.49. The summed E-state index contributed by atoms with van der Waals surface area (Å²) in [6, 6.07) is 0.855. The number of β-amino-alcohol motifs (C(OH)–C–C–N with tert-alkyl or cyclic N) is 1. The van der Waals surface area contributed by atoms with E-state index in [4.69, 9.17) is 5.11 Å². The Labute approximate surface area is 110 Å². The lowest BCUT2D eigenvalue weighted by molar-refractivity contribution is 0.188. The molecule has 5 nitrogen and oxygen atoms in total. The second-order valence-electron chi connectivity index (χ2n) is 4.43. The Morgan fingerprint density at radius 3 is 2.53 bits per heavy atom. The van der Waals surface area contributed by atoms with Crippen molar-refractivity contribution in [2.75, 3.05) is 56.6 Å². The summed E-state index contributed by atoms with van der Waals surface area (Å²) in [5, 5.41) is 11.5. The van der Waals surface area contributed by atoms with Gasteiger partial charge in [-0.1, -0.05) is 0 Å². The first kappa shape index (κ1) is 14.0. The van der Waals surface area contributed by atoms with Crippen LogP contribution in [0.3, 0.4) is 0 Å². The summed E-state index contributed by atoms with van der Waals surface area (Å²) in [4.78, 5) is 7.87. The average molecular weight is 272 g/mol. The van der Waals surface area contributed by atoms with Crippen molar-refractivity contribution in [1.82, 2.24) is 9.88 Å². The van der Waals surface area contributed by atoms with Crippen LogP contribution in [0.2, 0.25) is 0 Å². The number of nitrogens with one attached hydrogen (secondary N) is 1. The van der Waals surface area contributed by atoms with E-state index in [-0.39, 0.29) is 18.2 Å². The number of halogens is 2. The zero-order valence-electron chi connectivity index (χ0n) is 10.9. The van der Waals surface area contributed by atoms with Crippen molar-refractivity contribution in [3.8, 4) is 0 Å². The predicted octanol–water partition coefficient (Wildman–Crippen LogP) is 0.516. The lowest BCUT2D eigenvalue weighted by Gasteiger charge is -2.35. The highest BCUT2D eigenvalue weighted by molar-refractivity contribution is 5.49. The Balaban J connectivity index is 2.11. The normalized spacial score (nSPS) is 16.7. The summed E-state index contributed by atoms with van der Waals surface area (Å²) in [5.74, 6) is -1.11. The fourth-order valence-electron chi connectivity index (χ4n) is 2.18. The number of aliphatic hydroxyl groups is 1.